The third kappa shape index (κ3) is 2.24. The fourth-order valence-corrected chi connectivity index (χ4v) is 2.30. The molecule has 0 saturated carbocycles. The molecule has 0 saturated heterocycles. The van der Waals surface area contributed by atoms with E-state index in [2.05, 4.69) is 4.98 Å². The van der Waals surface area contributed by atoms with Crippen molar-refractivity contribution >= 4 is 17.4 Å². The van der Waals surface area contributed by atoms with E-state index < -0.39 is 0 Å². The topological polar surface area (TPSA) is 34.9 Å². The molecule has 4 heteroatoms. The van der Waals surface area contributed by atoms with Crippen LogP contribution in [0.4, 0.5) is 0 Å². The van der Waals surface area contributed by atoms with Crippen molar-refractivity contribution in [3.8, 4) is 5.69 Å². The van der Waals surface area contributed by atoms with E-state index >= 15 is 0 Å². The maximum atomic E-state index is 12.7. The van der Waals surface area contributed by atoms with E-state index in [-0.39, 0.29) is 5.78 Å². The molecule has 0 fully saturated rings. The van der Waals surface area contributed by atoms with Crippen LogP contribution < -0.4 is 0 Å². The highest BCUT2D eigenvalue weighted by Crippen LogP contribution is 2.22. The molecular formula is C16H11ClN2O. The van der Waals surface area contributed by atoms with Crippen molar-refractivity contribution in [2.24, 2.45) is 0 Å². The van der Waals surface area contributed by atoms with Gasteiger partial charge in [0.05, 0.1) is 17.0 Å². The van der Waals surface area contributed by atoms with Crippen LogP contribution in [0, 0.1) is 0 Å². The molecular weight excluding hydrogens is 272 g/mol. The number of rotatable bonds is 3. The van der Waals surface area contributed by atoms with E-state index in [4.69, 9.17) is 11.6 Å². The lowest BCUT2D eigenvalue weighted by molar-refractivity contribution is 0.103. The van der Waals surface area contributed by atoms with Crippen molar-refractivity contribution in [2.75, 3.05) is 0 Å². The van der Waals surface area contributed by atoms with Crippen molar-refractivity contribution in [1.82, 2.24) is 9.55 Å². The van der Waals surface area contributed by atoms with Gasteiger partial charge >= 0.3 is 0 Å². The van der Waals surface area contributed by atoms with Crippen LogP contribution in [0.2, 0.25) is 5.02 Å². The number of carbonyl (C=O) groups is 1. The van der Waals surface area contributed by atoms with E-state index in [9.17, 15) is 4.79 Å². The Morgan fingerprint density at radius 1 is 1.00 bits per heavy atom. The molecule has 0 radical (unpaired) electrons. The van der Waals surface area contributed by atoms with Crippen LogP contribution in [0.15, 0.2) is 67.3 Å². The number of imidazole rings is 1. The zero-order valence-electron chi connectivity index (χ0n) is 10.5. The van der Waals surface area contributed by atoms with Gasteiger partial charge in [0.25, 0.3) is 0 Å². The first-order chi connectivity index (χ1) is 9.77. The number of carbonyl (C=O) groups excluding carboxylic acids is 1. The SMILES string of the molecule is O=C(c1ccccc1Cl)c1ccccc1-n1ccnc1. The lowest BCUT2D eigenvalue weighted by Crippen LogP contribution is -2.07. The largest absolute Gasteiger partial charge is 0.306 e. The van der Waals surface area contributed by atoms with Gasteiger partial charge in [-0.15, -0.1) is 0 Å². The Bertz CT molecular complexity index is 751. The lowest BCUT2D eigenvalue weighted by Gasteiger charge is -2.10. The second kappa shape index (κ2) is 5.31. The minimum atomic E-state index is -0.0973. The first-order valence-electron chi connectivity index (χ1n) is 6.14. The molecule has 0 bridgehead atoms. The van der Waals surface area contributed by atoms with E-state index in [1.54, 1.807) is 49.1 Å². The first-order valence-corrected chi connectivity index (χ1v) is 6.52. The summed E-state index contributed by atoms with van der Waals surface area (Å²) in [5.41, 5.74) is 1.88. The smallest absolute Gasteiger partial charge is 0.196 e. The van der Waals surface area contributed by atoms with Crippen molar-refractivity contribution < 1.29 is 4.79 Å². The number of aromatic nitrogens is 2. The summed E-state index contributed by atoms with van der Waals surface area (Å²) in [6.07, 6.45) is 5.15. The number of nitrogens with zero attached hydrogens (tertiary/aromatic N) is 2. The number of hydrogen-bond acceptors (Lipinski definition) is 2. The fourth-order valence-electron chi connectivity index (χ4n) is 2.08. The molecule has 20 heavy (non-hydrogen) atoms. The highest BCUT2D eigenvalue weighted by Gasteiger charge is 2.16. The highest BCUT2D eigenvalue weighted by atomic mass is 35.5. The molecule has 0 N–H and O–H groups in total. The Balaban J connectivity index is 2.12. The standard InChI is InChI=1S/C16H11ClN2O/c17-14-7-3-1-5-12(14)16(20)13-6-2-4-8-15(13)19-10-9-18-11-19/h1-11H. The second-order valence-corrected chi connectivity index (χ2v) is 4.70. The molecule has 98 valence electrons. The molecule has 1 heterocycles. The van der Waals surface area contributed by atoms with Crippen molar-refractivity contribution in [1.29, 1.82) is 0 Å². The summed E-state index contributed by atoms with van der Waals surface area (Å²) in [5, 5.41) is 0.456. The third-order valence-corrected chi connectivity index (χ3v) is 3.38. The summed E-state index contributed by atoms with van der Waals surface area (Å²) in [6, 6.07) is 14.5. The summed E-state index contributed by atoms with van der Waals surface area (Å²) in [7, 11) is 0. The van der Waals surface area contributed by atoms with Gasteiger partial charge < -0.3 is 4.57 Å². The van der Waals surface area contributed by atoms with Crippen molar-refractivity contribution in [3.63, 3.8) is 0 Å². The molecule has 0 spiro atoms. The molecule has 3 aromatic rings. The average Bonchev–Trinajstić information content (AvgIpc) is 3.01. The van der Waals surface area contributed by atoms with Gasteiger partial charge in [0.1, 0.15) is 0 Å². The van der Waals surface area contributed by atoms with Crippen molar-refractivity contribution in [3.05, 3.63) is 83.4 Å². The second-order valence-electron chi connectivity index (χ2n) is 4.30. The highest BCUT2D eigenvalue weighted by molar-refractivity contribution is 6.35. The normalized spacial score (nSPS) is 10.4. The fraction of sp³-hybridized carbons (Fsp3) is 0. The minimum Gasteiger partial charge on any atom is -0.306 e. The monoisotopic (exact) mass is 282 g/mol. The molecule has 0 aliphatic heterocycles. The number of ketones is 1. The molecule has 3 rings (SSSR count). The van der Waals surface area contributed by atoms with Gasteiger partial charge in [-0.05, 0) is 24.3 Å². The molecule has 0 aliphatic carbocycles. The Hall–Kier alpha value is -2.39. The molecule has 3 nitrogen and oxygen atoms in total. The van der Waals surface area contributed by atoms with Crippen LogP contribution in [-0.4, -0.2) is 15.3 Å². The van der Waals surface area contributed by atoms with Crippen LogP contribution in [0.3, 0.4) is 0 Å². The maximum absolute atomic E-state index is 12.7. The molecule has 1 aromatic heterocycles. The molecule has 0 amide bonds. The van der Waals surface area contributed by atoms with E-state index in [0.29, 0.717) is 16.1 Å². The zero-order chi connectivity index (χ0) is 13.9. The molecule has 0 atom stereocenters. The van der Waals surface area contributed by atoms with E-state index in [1.807, 2.05) is 22.8 Å². The number of halogens is 1. The lowest BCUT2D eigenvalue weighted by atomic mass is 10.0. The van der Waals surface area contributed by atoms with Crippen LogP contribution in [0.1, 0.15) is 15.9 Å². The summed E-state index contributed by atoms with van der Waals surface area (Å²) in [4.78, 5) is 16.7. The molecule has 0 unspecified atom stereocenters. The first kappa shape index (κ1) is 12.6. The summed E-state index contributed by atoms with van der Waals surface area (Å²) < 4.78 is 1.81. The van der Waals surface area contributed by atoms with Crippen LogP contribution in [-0.2, 0) is 0 Å². The molecule has 2 aromatic carbocycles. The van der Waals surface area contributed by atoms with Gasteiger partial charge in [-0.25, -0.2) is 4.98 Å². The summed E-state index contributed by atoms with van der Waals surface area (Å²) in [6.45, 7) is 0. The van der Waals surface area contributed by atoms with E-state index in [1.165, 1.54) is 0 Å². The average molecular weight is 283 g/mol. The number of para-hydroxylation sites is 1. The van der Waals surface area contributed by atoms with E-state index in [0.717, 1.165) is 5.69 Å². The Kier molecular flexibility index (Phi) is 3.35. The van der Waals surface area contributed by atoms with Gasteiger partial charge in [0.15, 0.2) is 5.78 Å². The number of hydrogen-bond donors (Lipinski definition) is 0. The van der Waals surface area contributed by atoms with Gasteiger partial charge in [-0.2, -0.15) is 0 Å². The van der Waals surface area contributed by atoms with Gasteiger partial charge in [-0.3, -0.25) is 4.79 Å². The zero-order valence-corrected chi connectivity index (χ0v) is 11.3. The van der Waals surface area contributed by atoms with Crippen LogP contribution >= 0.6 is 11.6 Å². The Labute approximate surface area is 121 Å². The predicted octanol–water partition coefficient (Wildman–Crippen LogP) is 3.76. The quantitative estimate of drug-likeness (QED) is 0.686. The summed E-state index contributed by atoms with van der Waals surface area (Å²) >= 11 is 6.11. The number of benzene rings is 2. The van der Waals surface area contributed by atoms with Gasteiger partial charge in [0, 0.05) is 23.5 Å². The Morgan fingerprint density at radius 3 is 2.40 bits per heavy atom. The third-order valence-electron chi connectivity index (χ3n) is 3.05. The van der Waals surface area contributed by atoms with Crippen LogP contribution in [0.25, 0.3) is 5.69 Å². The maximum Gasteiger partial charge on any atom is 0.196 e. The Morgan fingerprint density at radius 2 is 1.70 bits per heavy atom. The summed E-state index contributed by atoms with van der Waals surface area (Å²) in [5.74, 6) is -0.0973. The molecule has 0 aliphatic rings. The van der Waals surface area contributed by atoms with Crippen molar-refractivity contribution in [2.45, 2.75) is 0 Å². The van der Waals surface area contributed by atoms with Gasteiger partial charge in [0.2, 0.25) is 0 Å². The van der Waals surface area contributed by atoms with Gasteiger partial charge in [-0.1, -0.05) is 35.9 Å². The predicted molar refractivity (Wildman–Crippen MR) is 78.4 cm³/mol. The minimum absolute atomic E-state index is 0.0973. The van der Waals surface area contributed by atoms with Crippen LogP contribution in [0.5, 0.6) is 0 Å².